The van der Waals surface area contributed by atoms with Crippen molar-refractivity contribution in [3.8, 4) is 11.5 Å². The summed E-state index contributed by atoms with van der Waals surface area (Å²) in [5.41, 5.74) is 0.470. The highest BCUT2D eigenvalue weighted by Crippen LogP contribution is 2.32. The van der Waals surface area contributed by atoms with Crippen molar-refractivity contribution in [2.75, 3.05) is 5.32 Å². The molecule has 110 valence electrons. The van der Waals surface area contributed by atoms with Crippen LogP contribution in [-0.2, 0) is 0 Å². The van der Waals surface area contributed by atoms with E-state index in [-0.39, 0.29) is 11.7 Å². The van der Waals surface area contributed by atoms with Gasteiger partial charge in [-0.05, 0) is 42.5 Å². The molecule has 1 aromatic heterocycles. The van der Waals surface area contributed by atoms with Crippen molar-refractivity contribution in [2.24, 2.45) is 0 Å². The molecule has 0 unspecified atom stereocenters. The van der Waals surface area contributed by atoms with Crippen LogP contribution >= 0.6 is 11.6 Å². The SMILES string of the molecule is O=C(Nc1cc(Cl)ccc1Oc1ccccc1)c1ccco1. The molecular weight excluding hydrogens is 302 g/mol. The van der Waals surface area contributed by atoms with E-state index in [2.05, 4.69) is 5.32 Å². The van der Waals surface area contributed by atoms with Crippen LogP contribution in [0.1, 0.15) is 10.6 Å². The standard InChI is InChI=1S/C17H12ClNO3/c18-12-8-9-15(22-13-5-2-1-3-6-13)14(11-12)19-17(20)16-7-4-10-21-16/h1-11H,(H,19,20). The fourth-order valence-corrected chi connectivity index (χ4v) is 2.07. The number of ether oxygens (including phenoxy) is 1. The lowest BCUT2D eigenvalue weighted by molar-refractivity contribution is 0.0996. The normalized spacial score (nSPS) is 10.2. The van der Waals surface area contributed by atoms with Crippen molar-refractivity contribution in [2.45, 2.75) is 0 Å². The predicted molar refractivity (Wildman–Crippen MR) is 84.6 cm³/mol. The fraction of sp³-hybridized carbons (Fsp3) is 0. The summed E-state index contributed by atoms with van der Waals surface area (Å²) in [5.74, 6) is 1.00. The molecule has 3 rings (SSSR count). The van der Waals surface area contributed by atoms with Gasteiger partial charge in [0.25, 0.3) is 5.91 Å². The zero-order valence-electron chi connectivity index (χ0n) is 11.5. The van der Waals surface area contributed by atoms with Gasteiger partial charge in [0.15, 0.2) is 11.5 Å². The molecule has 4 nitrogen and oxygen atoms in total. The molecule has 1 heterocycles. The molecule has 0 saturated heterocycles. The fourth-order valence-electron chi connectivity index (χ4n) is 1.90. The molecule has 1 amide bonds. The summed E-state index contributed by atoms with van der Waals surface area (Å²) in [4.78, 5) is 12.1. The molecule has 0 radical (unpaired) electrons. The maximum absolute atomic E-state index is 12.1. The van der Waals surface area contributed by atoms with Crippen LogP contribution in [0.4, 0.5) is 5.69 Å². The number of carbonyl (C=O) groups excluding carboxylic acids is 1. The van der Waals surface area contributed by atoms with Gasteiger partial charge >= 0.3 is 0 Å². The summed E-state index contributed by atoms with van der Waals surface area (Å²) < 4.78 is 10.8. The second-order valence-corrected chi connectivity index (χ2v) is 4.92. The Morgan fingerprint density at radius 3 is 2.59 bits per heavy atom. The van der Waals surface area contributed by atoms with Crippen LogP contribution in [0.5, 0.6) is 11.5 Å². The molecular formula is C17H12ClNO3. The molecule has 0 aliphatic rings. The van der Waals surface area contributed by atoms with Crippen molar-refractivity contribution in [1.82, 2.24) is 0 Å². The Kier molecular flexibility index (Phi) is 4.12. The molecule has 0 saturated carbocycles. The molecule has 5 heteroatoms. The Morgan fingerprint density at radius 1 is 1.05 bits per heavy atom. The van der Waals surface area contributed by atoms with E-state index in [1.165, 1.54) is 6.26 Å². The van der Waals surface area contributed by atoms with E-state index in [1.54, 1.807) is 30.3 Å². The molecule has 22 heavy (non-hydrogen) atoms. The van der Waals surface area contributed by atoms with E-state index < -0.39 is 0 Å². The molecule has 0 bridgehead atoms. The third-order valence-electron chi connectivity index (χ3n) is 2.91. The third-order valence-corrected chi connectivity index (χ3v) is 3.14. The average molecular weight is 314 g/mol. The van der Waals surface area contributed by atoms with Gasteiger partial charge in [-0.3, -0.25) is 4.79 Å². The minimum absolute atomic E-state index is 0.214. The van der Waals surface area contributed by atoms with Crippen LogP contribution < -0.4 is 10.1 Å². The summed E-state index contributed by atoms with van der Waals surface area (Å²) in [7, 11) is 0. The summed E-state index contributed by atoms with van der Waals surface area (Å²) in [6.45, 7) is 0. The average Bonchev–Trinajstić information content (AvgIpc) is 3.05. The van der Waals surface area contributed by atoms with Crippen LogP contribution in [0.2, 0.25) is 5.02 Å². The lowest BCUT2D eigenvalue weighted by Gasteiger charge is -2.12. The van der Waals surface area contributed by atoms with Gasteiger partial charge in [-0.1, -0.05) is 29.8 Å². The minimum Gasteiger partial charge on any atom is -0.459 e. The second-order valence-electron chi connectivity index (χ2n) is 4.49. The first-order valence-electron chi connectivity index (χ1n) is 6.60. The summed E-state index contributed by atoms with van der Waals surface area (Å²) in [5, 5.41) is 3.23. The molecule has 0 atom stereocenters. The van der Waals surface area contributed by atoms with Gasteiger partial charge in [-0.2, -0.15) is 0 Å². The predicted octanol–water partition coefficient (Wildman–Crippen LogP) is 4.98. The van der Waals surface area contributed by atoms with Crippen molar-refractivity contribution < 1.29 is 13.9 Å². The van der Waals surface area contributed by atoms with Gasteiger partial charge in [0.1, 0.15) is 5.75 Å². The zero-order valence-corrected chi connectivity index (χ0v) is 12.2. The first kappa shape index (κ1) is 14.2. The van der Waals surface area contributed by atoms with Gasteiger partial charge < -0.3 is 14.5 Å². The molecule has 0 spiro atoms. The van der Waals surface area contributed by atoms with Crippen molar-refractivity contribution in [3.05, 3.63) is 77.7 Å². The third kappa shape index (κ3) is 3.30. The van der Waals surface area contributed by atoms with E-state index in [1.807, 2.05) is 30.3 Å². The molecule has 2 aromatic carbocycles. The number of hydrogen-bond acceptors (Lipinski definition) is 3. The van der Waals surface area contributed by atoms with E-state index >= 15 is 0 Å². The molecule has 1 N–H and O–H groups in total. The summed E-state index contributed by atoms with van der Waals surface area (Å²) >= 11 is 6.00. The van der Waals surface area contributed by atoms with Crippen LogP contribution in [0.25, 0.3) is 0 Å². The minimum atomic E-state index is -0.370. The van der Waals surface area contributed by atoms with Gasteiger partial charge in [-0.15, -0.1) is 0 Å². The highest BCUT2D eigenvalue weighted by molar-refractivity contribution is 6.31. The first-order valence-corrected chi connectivity index (χ1v) is 6.97. The van der Waals surface area contributed by atoms with Gasteiger partial charge in [0.2, 0.25) is 0 Å². The lowest BCUT2D eigenvalue weighted by Crippen LogP contribution is -2.11. The van der Waals surface area contributed by atoms with Gasteiger partial charge in [0, 0.05) is 5.02 Å². The van der Waals surface area contributed by atoms with Crippen molar-refractivity contribution in [1.29, 1.82) is 0 Å². The first-order chi connectivity index (χ1) is 10.7. The smallest absolute Gasteiger partial charge is 0.291 e. The Labute approximate surface area is 132 Å². The maximum Gasteiger partial charge on any atom is 0.291 e. The Morgan fingerprint density at radius 2 is 1.86 bits per heavy atom. The van der Waals surface area contributed by atoms with Crippen molar-refractivity contribution >= 4 is 23.2 Å². The second kappa shape index (κ2) is 6.37. The molecule has 0 aliphatic carbocycles. The highest BCUT2D eigenvalue weighted by atomic mass is 35.5. The number of furan rings is 1. The number of halogens is 1. The van der Waals surface area contributed by atoms with Crippen LogP contribution in [0.15, 0.2) is 71.3 Å². The molecule has 3 aromatic rings. The summed E-state index contributed by atoms with van der Waals surface area (Å²) in [6, 6.07) is 17.5. The number of amides is 1. The number of rotatable bonds is 4. The van der Waals surface area contributed by atoms with Gasteiger partial charge in [0.05, 0.1) is 12.0 Å². The monoisotopic (exact) mass is 313 g/mol. The Bertz CT molecular complexity index is 770. The number of benzene rings is 2. The number of hydrogen-bond donors (Lipinski definition) is 1. The number of nitrogens with one attached hydrogen (secondary N) is 1. The topological polar surface area (TPSA) is 51.5 Å². The van der Waals surface area contributed by atoms with E-state index in [0.29, 0.717) is 22.2 Å². The quantitative estimate of drug-likeness (QED) is 0.739. The van der Waals surface area contributed by atoms with Crippen LogP contribution in [0, 0.1) is 0 Å². The van der Waals surface area contributed by atoms with Crippen LogP contribution in [-0.4, -0.2) is 5.91 Å². The van der Waals surface area contributed by atoms with E-state index in [4.69, 9.17) is 20.8 Å². The molecule has 0 fully saturated rings. The maximum atomic E-state index is 12.1. The number of carbonyl (C=O) groups is 1. The molecule has 0 aliphatic heterocycles. The largest absolute Gasteiger partial charge is 0.459 e. The highest BCUT2D eigenvalue weighted by Gasteiger charge is 2.13. The lowest BCUT2D eigenvalue weighted by atomic mass is 10.2. The van der Waals surface area contributed by atoms with E-state index in [0.717, 1.165) is 0 Å². The zero-order chi connectivity index (χ0) is 15.4. The van der Waals surface area contributed by atoms with E-state index in [9.17, 15) is 4.79 Å². The Balaban J connectivity index is 1.86. The van der Waals surface area contributed by atoms with Crippen LogP contribution in [0.3, 0.4) is 0 Å². The Hall–Kier alpha value is -2.72. The number of anilines is 1. The van der Waals surface area contributed by atoms with Gasteiger partial charge in [-0.25, -0.2) is 0 Å². The number of para-hydroxylation sites is 1. The van der Waals surface area contributed by atoms with Crippen molar-refractivity contribution in [3.63, 3.8) is 0 Å². The summed E-state index contributed by atoms with van der Waals surface area (Å²) in [6.07, 6.45) is 1.44.